The van der Waals surface area contributed by atoms with Crippen LogP contribution in [0.25, 0.3) is 4.85 Å². The van der Waals surface area contributed by atoms with E-state index >= 15 is 0 Å². The molecule has 0 unspecified atom stereocenters. The third kappa shape index (κ3) is 5.97. The number of hydrogen-bond donors (Lipinski definition) is 1. The van der Waals surface area contributed by atoms with Crippen LogP contribution >= 0.6 is 11.6 Å². The smallest absolute Gasteiger partial charge is 0.264 e. The number of morpholine rings is 1. The van der Waals surface area contributed by atoms with Crippen molar-refractivity contribution in [1.29, 1.82) is 0 Å². The maximum Gasteiger partial charge on any atom is 0.264 e. The Labute approximate surface area is 226 Å². The molecule has 0 atom stereocenters. The Kier molecular flexibility index (Phi) is 8.32. The summed E-state index contributed by atoms with van der Waals surface area (Å²) >= 11 is 6.26. The molecule has 3 aromatic carbocycles. The molecule has 1 fully saturated rings. The number of carbonyl (C=O) groups excluding carboxylic acids is 2. The van der Waals surface area contributed by atoms with E-state index in [0.29, 0.717) is 29.4 Å². The number of rotatable bonds is 8. The van der Waals surface area contributed by atoms with Crippen molar-refractivity contribution in [3.05, 3.63) is 94.3 Å². The van der Waals surface area contributed by atoms with Gasteiger partial charge in [-0.15, -0.1) is 0 Å². The van der Waals surface area contributed by atoms with Crippen molar-refractivity contribution in [3.8, 4) is 0 Å². The number of nitrogens with one attached hydrogen (secondary N) is 1. The van der Waals surface area contributed by atoms with Crippen LogP contribution < -0.4 is 14.5 Å². The van der Waals surface area contributed by atoms with E-state index in [4.69, 9.17) is 22.9 Å². The van der Waals surface area contributed by atoms with Gasteiger partial charge in [-0.1, -0.05) is 54.1 Å². The summed E-state index contributed by atoms with van der Waals surface area (Å²) in [5.41, 5.74) is 2.62. The number of benzene rings is 3. The molecule has 0 bridgehead atoms. The third-order valence-electron chi connectivity index (χ3n) is 6.07. The largest absolute Gasteiger partial charge is 0.370 e. The molecule has 1 heterocycles. The van der Waals surface area contributed by atoms with Gasteiger partial charge < -0.3 is 15.0 Å². The quantitative estimate of drug-likeness (QED) is 0.425. The molecule has 0 saturated carbocycles. The van der Waals surface area contributed by atoms with E-state index in [1.165, 1.54) is 24.3 Å². The van der Waals surface area contributed by atoms with Crippen molar-refractivity contribution in [3.63, 3.8) is 0 Å². The lowest BCUT2D eigenvalue weighted by Crippen LogP contribution is -2.41. The van der Waals surface area contributed by atoms with E-state index in [2.05, 4.69) is 10.2 Å². The molecule has 196 valence electrons. The monoisotopic (exact) mass is 552 g/mol. The van der Waals surface area contributed by atoms with Crippen LogP contribution in [0.5, 0.6) is 0 Å². The van der Waals surface area contributed by atoms with E-state index in [-0.39, 0.29) is 29.6 Å². The van der Waals surface area contributed by atoms with Crippen LogP contribution in [0, 0.1) is 13.5 Å². The second-order valence-corrected chi connectivity index (χ2v) is 10.8. The number of hydrogen-bond acceptors (Lipinski definition) is 5. The van der Waals surface area contributed by atoms with Gasteiger partial charge in [0.25, 0.3) is 15.9 Å². The van der Waals surface area contributed by atoms with E-state index in [1.807, 2.05) is 0 Å². The Balaban J connectivity index is 1.51. The summed E-state index contributed by atoms with van der Waals surface area (Å²) in [6.45, 7) is 9.46. The molecule has 3 aromatic rings. The van der Waals surface area contributed by atoms with Gasteiger partial charge in [-0.25, -0.2) is 13.3 Å². The standard InChI is InChI=1S/C27H25ClN4O5S/c1-19-24(28)4-3-5-25(19)32(38(35,36)23-12-8-21(29-2)9-13-23)17-26(33)30-16-20-6-10-22(11-7-20)31-14-15-37-18-27(31)34/h3-13H,14-18H2,1H3,(H,30,33). The fourth-order valence-corrected chi connectivity index (χ4v) is 5.61. The second-order valence-electron chi connectivity index (χ2n) is 8.54. The number of nitrogens with zero attached hydrogens (tertiary/aromatic N) is 3. The first-order valence-corrected chi connectivity index (χ1v) is 13.5. The normalized spacial score (nSPS) is 13.6. The molecule has 4 rings (SSSR count). The van der Waals surface area contributed by atoms with E-state index in [0.717, 1.165) is 15.6 Å². The molecule has 0 spiro atoms. The van der Waals surface area contributed by atoms with Crippen LogP contribution in [0.4, 0.5) is 17.1 Å². The predicted molar refractivity (Wildman–Crippen MR) is 145 cm³/mol. The van der Waals surface area contributed by atoms with E-state index in [9.17, 15) is 18.0 Å². The molecule has 38 heavy (non-hydrogen) atoms. The summed E-state index contributed by atoms with van der Waals surface area (Å²) in [7, 11) is -4.16. The molecule has 9 nitrogen and oxygen atoms in total. The number of halogens is 1. The molecular weight excluding hydrogens is 528 g/mol. The SMILES string of the molecule is [C-]#[N+]c1ccc(S(=O)(=O)N(CC(=O)NCc2ccc(N3CCOCC3=O)cc2)c2cccc(Cl)c2C)cc1. The first-order chi connectivity index (χ1) is 18.2. The molecule has 2 amide bonds. The van der Waals surface area contributed by atoms with Gasteiger partial charge in [-0.05, 0) is 42.3 Å². The van der Waals surface area contributed by atoms with Gasteiger partial charge in [-0.3, -0.25) is 13.9 Å². The average molecular weight is 553 g/mol. The van der Waals surface area contributed by atoms with Gasteiger partial charge in [0.2, 0.25) is 5.91 Å². The Morgan fingerprint density at radius 2 is 1.84 bits per heavy atom. The average Bonchev–Trinajstić information content (AvgIpc) is 2.93. The second kappa shape index (κ2) is 11.6. The summed E-state index contributed by atoms with van der Waals surface area (Å²) in [5, 5.41) is 3.13. The van der Waals surface area contributed by atoms with Crippen molar-refractivity contribution < 1.29 is 22.7 Å². The fourth-order valence-electron chi connectivity index (χ4n) is 3.96. The number of sulfonamides is 1. The molecular formula is C27H25ClN4O5S. The van der Waals surface area contributed by atoms with Crippen LogP contribution in [0.2, 0.25) is 5.02 Å². The van der Waals surface area contributed by atoms with E-state index in [1.54, 1.807) is 54.3 Å². The number of ether oxygens (including phenoxy) is 1. The molecule has 1 saturated heterocycles. The summed E-state index contributed by atoms with van der Waals surface area (Å²) in [4.78, 5) is 29.9. The Morgan fingerprint density at radius 1 is 1.13 bits per heavy atom. The highest BCUT2D eigenvalue weighted by atomic mass is 35.5. The zero-order valence-corrected chi connectivity index (χ0v) is 22.1. The highest BCUT2D eigenvalue weighted by Gasteiger charge is 2.29. The van der Waals surface area contributed by atoms with Crippen molar-refractivity contribution in [1.82, 2.24) is 5.32 Å². The van der Waals surface area contributed by atoms with Gasteiger partial charge in [-0.2, -0.15) is 0 Å². The van der Waals surface area contributed by atoms with Crippen LogP contribution in [-0.4, -0.2) is 46.5 Å². The number of amides is 2. The Bertz CT molecular complexity index is 1490. The lowest BCUT2D eigenvalue weighted by molar-refractivity contribution is -0.125. The van der Waals surface area contributed by atoms with Crippen molar-refractivity contribution >= 4 is 50.5 Å². The van der Waals surface area contributed by atoms with Crippen molar-refractivity contribution in [2.24, 2.45) is 0 Å². The molecule has 0 aromatic heterocycles. The van der Waals surface area contributed by atoms with Gasteiger partial charge in [0.1, 0.15) is 13.2 Å². The highest BCUT2D eigenvalue weighted by Crippen LogP contribution is 2.31. The van der Waals surface area contributed by atoms with Crippen LogP contribution in [-0.2, 0) is 30.9 Å². The van der Waals surface area contributed by atoms with Gasteiger partial charge >= 0.3 is 0 Å². The summed E-state index contributed by atoms with van der Waals surface area (Å²) in [6, 6.07) is 17.5. The minimum Gasteiger partial charge on any atom is -0.370 e. The maximum absolute atomic E-state index is 13.6. The van der Waals surface area contributed by atoms with Gasteiger partial charge in [0.05, 0.1) is 23.8 Å². The minimum absolute atomic E-state index is 0.0486. The fraction of sp³-hybridized carbons (Fsp3) is 0.222. The zero-order chi connectivity index (χ0) is 27.3. The van der Waals surface area contributed by atoms with Crippen molar-refractivity contribution in [2.75, 3.05) is 35.5 Å². The maximum atomic E-state index is 13.6. The topological polar surface area (TPSA) is 100 Å². The molecule has 11 heteroatoms. The van der Waals surface area contributed by atoms with Crippen LogP contribution in [0.1, 0.15) is 11.1 Å². The van der Waals surface area contributed by atoms with Crippen LogP contribution in [0.15, 0.2) is 71.6 Å². The van der Waals surface area contributed by atoms with Crippen molar-refractivity contribution in [2.45, 2.75) is 18.4 Å². The van der Waals surface area contributed by atoms with Gasteiger partial charge in [0, 0.05) is 23.8 Å². The highest BCUT2D eigenvalue weighted by molar-refractivity contribution is 7.92. The summed E-state index contributed by atoms with van der Waals surface area (Å²) in [6.07, 6.45) is 0. The van der Waals surface area contributed by atoms with E-state index < -0.39 is 22.5 Å². The molecule has 1 aliphatic heterocycles. The first-order valence-electron chi connectivity index (χ1n) is 11.7. The third-order valence-corrected chi connectivity index (χ3v) is 8.26. The van der Waals surface area contributed by atoms with Crippen LogP contribution in [0.3, 0.4) is 0 Å². The lowest BCUT2D eigenvalue weighted by Gasteiger charge is -2.27. The molecule has 1 aliphatic rings. The van der Waals surface area contributed by atoms with Gasteiger partial charge in [0.15, 0.2) is 5.69 Å². The zero-order valence-electron chi connectivity index (χ0n) is 20.6. The summed E-state index contributed by atoms with van der Waals surface area (Å²) in [5.74, 6) is -0.628. The Morgan fingerprint density at radius 3 is 2.50 bits per heavy atom. The predicted octanol–water partition coefficient (Wildman–Crippen LogP) is 4.07. The Hall–Kier alpha value is -3.91. The first kappa shape index (κ1) is 27.1. The lowest BCUT2D eigenvalue weighted by atomic mass is 10.2. The minimum atomic E-state index is -4.16. The molecule has 0 aliphatic carbocycles. The molecule has 0 radical (unpaired) electrons. The molecule has 1 N–H and O–H groups in total. The number of anilines is 2. The summed E-state index contributed by atoms with van der Waals surface area (Å²) < 4.78 is 33.4. The number of carbonyl (C=O) groups is 2.